The standard InChI is InChI=1S/C16H35N3/c1-6-12-17-18-19(14-11-16(4)5)13-9-7-8-10-15(2)3/h15-16H,6-14H2,1-5H3/b18-17-. The molecule has 0 aromatic heterocycles. The summed E-state index contributed by atoms with van der Waals surface area (Å²) < 4.78 is 0. The first-order valence-electron chi connectivity index (χ1n) is 8.18. The van der Waals surface area contributed by atoms with Crippen LogP contribution in [0.4, 0.5) is 0 Å². The van der Waals surface area contributed by atoms with Gasteiger partial charge in [-0.25, -0.2) is 0 Å². The number of nitrogens with zero attached hydrogens (tertiary/aromatic N) is 3. The third-order valence-electron chi connectivity index (χ3n) is 3.18. The molecule has 3 heteroatoms. The van der Waals surface area contributed by atoms with Crippen molar-refractivity contribution in [3.05, 3.63) is 0 Å². The van der Waals surface area contributed by atoms with Gasteiger partial charge >= 0.3 is 0 Å². The fourth-order valence-electron chi connectivity index (χ4n) is 1.87. The van der Waals surface area contributed by atoms with E-state index in [1.807, 2.05) is 0 Å². The van der Waals surface area contributed by atoms with Gasteiger partial charge in [-0.15, -0.1) is 0 Å². The first kappa shape index (κ1) is 18.4. The van der Waals surface area contributed by atoms with E-state index >= 15 is 0 Å². The van der Waals surface area contributed by atoms with Crippen LogP contribution in [-0.2, 0) is 0 Å². The topological polar surface area (TPSA) is 28.0 Å². The van der Waals surface area contributed by atoms with Crippen molar-refractivity contribution in [2.75, 3.05) is 19.6 Å². The van der Waals surface area contributed by atoms with Crippen molar-refractivity contribution in [3.8, 4) is 0 Å². The molecule has 114 valence electrons. The van der Waals surface area contributed by atoms with E-state index in [-0.39, 0.29) is 0 Å². The van der Waals surface area contributed by atoms with Crippen molar-refractivity contribution in [3.63, 3.8) is 0 Å². The Morgan fingerprint density at radius 1 is 0.842 bits per heavy atom. The summed E-state index contributed by atoms with van der Waals surface area (Å²) in [5.74, 6) is 1.58. The van der Waals surface area contributed by atoms with E-state index in [2.05, 4.69) is 50.0 Å². The molecule has 0 atom stereocenters. The molecule has 0 N–H and O–H groups in total. The van der Waals surface area contributed by atoms with E-state index in [4.69, 9.17) is 0 Å². The third-order valence-corrected chi connectivity index (χ3v) is 3.18. The van der Waals surface area contributed by atoms with Crippen LogP contribution in [0.1, 0.15) is 73.1 Å². The van der Waals surface area contributed by atoms with E-state index in [0.29, 0.717) is 0 Å². The fraction of sp³-hybridized carbons (Fsp3) is 1.00. The highest BCUT2D eigenvalue weighted by Gasteiger charge is 2.03. The summed E-state index contributed by atoms with van der Waals surface area (Å²) in [6, 6.07) is 0. The maximum absolute atomic E-state index is 4.38. The maximum Gasteiger partial charge on any atom is 0.0617 e. The summed E-state index contributed by atoms with van der Waals surface area (Å²) in [7, 11) is 0. The Morgan fingerprint density at radius 3 is 2.11 bits per heavy atom. The van der Waals surface area contributed by atoms with Crippen LogP contribution >= 0.6 is 0 Å². The summed E-state index contributed by atoms with van der Waals surface area (Å²) in [6.45, 7) is 14.2. The van der Waals surface area contributed by atoms with E-state index in [1.54, 1.807) is 0 Å². The Morgan fingerprint density at radius 2 is 1.53 bits per heavy atom. The van der Waals surface area contributed by atoms with Crippen LogP contribution in [0.3, 0.4) is 0 Å². The van der Waals surface area contributed by atoms with Gasteiger partial charge in [-0.2, -0.15) is 5.11 Å². The van der Waals surface area contributed by atoms with Crippen molar-refractivity contribution < 1.29 is 0 Å². The molecular weight excluding hydrogens is 234 g/mol. The lowest BCUT2D eigenvalue weighted by molar-refractivity contribution is 0.243. The van der Waals surface area contributed by atoms with Crippen LogP contribution in [0.2, 0.25) is 0 Å². The summed E-state index contributed by atoms with van der Waals surface area (Å²) in [5, 5.41) is 10.8. The lowest BCUT2D eigenvalue weighted by Gasteiger charge is -2.18. The largest absolute Gasteiger partial charge is 0.279 e. The minimum Gasteiger partial charge on any atom is -0.279 e. The van der Waals surface area contributed by atoms with E-state index in [1.165, 1.54) is 32.1 Å². The zero-order valence-electron chi connectivity index (χ0n) is 13.9. The number of unbranched alkanes of at least 4 members (excludes halogenated alkanes) is 2. The minimum absolute atomic E-state index is 0.741. The van der Waals surface area contributed by atoms with Crippen molar-refractivity contribution in [1.82, 2.24) is 5.01 Å². The molecule has 3 nitrogen and oxygen atoms in total. The van der Waals surface area contributed by atoms with Crippen LogP contribution < -0.4 is 0 Å². The van der Waals surface area contributed by atoms with Gasteiger partial charge in [-0.1, -0.05) is 59.1 Å². The van der Waals surface area contributed by atoms with Crippen LogP contribution in [0, 0.1) is 11.8 Å². The number of rotatable bonds is 12. The summed E-state index contributed by atoms with van der Waals surface area (Å²) >= 11 is 0. The van der Waals surface area contributed by atoms with Crippen LogP contribution in [-0.4, -0.2) is 24.6 Å². The molecule has 0 fully saturated rings. The normalized spacial score (nSPS) is 11.9. The Labute approximate surface area is 120 Å². The molecule has 0 aliphatic heterocycles. The second kappa shape index (κ2) is 12.4. The molecule has 0 saturated heterocycles. The van der Waals surface area contributed by atoms with Gasteiger partial charge in [0.25, 0.3) is 0 Å². The van der Waals surface area contributed by atoms with E-state index < -0.39 is 0 Å². The Kier molecular flexibility index (Phi) is 12.0. The average molecular weight is 269 g/mol. The van der Waals surface area contributed by atoms with Gasteiger partial charge in [0, 0.05) is 13.1 Å². The lowest BCUT2D eigenvalue weighted by atomic mass is 10.1. The molecule has 0 aliphatic carbocycles. The summed E-state index contributed by atoms with van der Waals surface area (Å²) in [6.07, 6.45) is 7.55. The fourth-order valence-corrected chi connectivity index (χ4v) is 1.87. The third kappa shape index (κ3) is 13.6. The second-order valence-electron chi connectivity index (χ2n) is 6.33. The van der Waals surface area contributed by atoms with Gasteiger partial charge in [-0.3, -0.25) is 5.01 Å². The molecule has 0 aromatic rings. The number of hydrogen-bond acceptors (Lipinski definition) is 2. The molecule has 0 aromatic carbocycles. The zero-order chi connectivity index (χ0) is 14.5. The summed E-state index contributed by atoms with van der Waals surface area (Å²) in [5.41, 5.74) is 0. The SMILES string of the molecule is CCC/N=N\N(CCCCCC(C)C)CCC(C)C. The Balaban J connectivity index is 3.83. The molecule has 0 unspecified atom stereocenters. The molecule has 19 heavy (non-hydrogen) atoms. The smallest absolute Gasteiger partial charge is 0.0617 e. The first-order chi connectivity index (χ1) is 9.06. The van der Waals surface area contributed by atoms with E-state index in [9.17, 15) is 0 Å². The summed E-state index contributed by atoms with van der Waals surface area (Å²) in [4.78, 5) is 0. The molecule has 0 amide bonds. The van der Waals surface area contributed by atoms with Crippen molar-refractivity contribution in [1.29, 1.82) is 0 Å². The van der Waals surface area contributed by atoms with E-state index in [0.717, 1.165) is 37.9 Å². The van der Waals surface area contributed by atoms with Crippen LogP contribution in [0.5, 0.6) is 0 Å². The molecular formula is C16H35N3. The number of hydrogen-bond donors (Lipinski definition) is 0. The van der Waals surface area contributed by atoms with Gasteiger partial charge in [0.2, 0.25) is 0 Å². The highest BCUT2D eigenvalue weighted by molar-refractivity contribution is 4.56. The zero-order valence-corrected chi connectivity index (χ0v) is 13.9. The van der Waals surface area contributed by atoms with Gasteiger partial charge < -0.3 is 0 Å². The predicted octanol–water partition coefficient (Wildman–Crippen LogP) is 5.33. The first-order valence-corrected chi connectivity index (χ1v) is 8.18. The molecule has 0 radical (unpaired) electrons. The molecule has 0 spiro atoms. The molecule has 0 rings (SSSR count). The molecule has 0 saturated carbocycles. The highest BCUT2D eigenvalue weighted by atomic mass is 15.5. The van der Waals surface area contributed by atoms with Crippen molar-refractivity contribution in [2.45, 2.75) is 73.1 Å². The van der Waals surface area contributed by atoms with Gasteiger partial charge in [0.05, 0.1) is 6.54 Å². The minimum atomic E-state index is 0.741. The van der Waals surface area contributed by atoms with Crippen molar-refractivity contribution >= 4 is 0 Å². The molecule has 0 heterocycles. The Hall–Kier alpha value is -0.600. The molecule has 0 bridgehead atoms. The average Bonchev–Trinajstić information content (AvgIpc) is 2.34. The second-order valence-corrected chi connectivity index (χ2v) is 6.33. The van der Waals surface area contributed by atoms with Gasteiger partial charge in [0.15, 0.2) is 0 Å². The highest BCUT2D eigenvalue weighted by Crippen LogP contribution is 2.10. The molecule has 0 aliphatic rings. The lowest BCUT2D eigenvalue weighted by Crippen LogP contribution is -2.21. The maximum atomic E-state index is 4.38. The Bertz CT molecular complexity index is 212. The van der Waals surface area contributed by atoms with Crippen molar-refractivity contribution in [2.24, 2.45) is 22.2 Å². The predicted molar refractivity (Wildman–Crippen MR) is 84.3 cm³/mol. The quantitative estimate of drug-likeness (QED) is 0.267. The van der Waals surface area contributed by atoms with Crippen LogP contribution in [0.25, 0.3) is 0 Å². The monoisotopic (exact) mass is 269 g/mol. The van der Waals surface area contributed by atoms with Gasteiger partial charge in [-0.05, 0) is 31.1 Å². The van der Waals surface area contributed by atoms with Crippen LogP contribution in [0.15, 0.2) is 10.3 Å². The van der Waals surface area contributed by atoms with Gasteiger partial charge in [0.1, 0.15) is 0 Å².